The SMILES string of the molecule is Cc1ccc(-n2nc(-c3cccn3C)cc2C(=O)NCCN2CCCC2)c(C)c1. The summed E-state index contributed by atoms with van der Waals surface area (Å²) in [6, 6.07) is 12.1. The van der Waals surface area contributed by atoms with Gasteiger partial charge in [-0.3, -0.25) is 4.79 Å². The largest absolute Gasteiger partial charge is 0.349 e. The van der Waals surface area contributed by atoms with Gasteiger partial charge in [0.25, 0.3) is 5.91 Å². The van der Waals surface area contributed by atoms with Gasteiger partial charge in [0.1, 0.15) is 11.4 Å². The monoisotopic (exact) mass is 391 g/mol. The van der Waals surface area contributed by atoms with Gasteiger partial charge >= 0.3 is 0 Å². The summed E-state index contributed by atoms with van der Waals surface area (Å²) in [6.07, 6.45) is 4.50. The van der Waals surface area contributed by atoms with Crippen molar-refractivity contribution in [2.75, 3.05) is 26.2 Å². The van der Waals surface area contributed by atoms with Gasteiger partial charge in [0, 0.05) is 26.3 Å². The number of aryl methyl sites for hydroxylation is 3. The molecule has 0 saturated carbocycles. The van der Waals surface area contributed by atoms with E-state index in [0.29, 0.717) is 12.2 Å². The number of carbonyl (C=O) groups excluding carboxylic acids is 1. The molecule has 1 aromatic carbocycles. The Labute approximate surface area is 172 Å². The van der Waals surface area contributed by atoms with Crippen LogP contribution in [0.5, 0.6) is 0 Å². The fourth-order valence-corrected chi connectivity index (χ4v) is 4.05. The van der Waals surface area contributed by atoms with E-state index in [9.17, 15) is 4.79 Å². The Morgan fingerprint density at radius 3 is 2.62 bits per heavy atom. The molecular weight excluding hydrogens is 362 g/mol. The third-order valence-electron chi connectivity index (χ3n) is 5.64. The molecule has 29 heavy (non-hydrogen) atoms. The van der Waals surface area contributed by atoms with Crippen LogP contribution in [0.25, 0.3) is 17.1 Å². The number of nitrogens with zero attached hydrogens (tertiary/aromatic N) is 4. The molecule has 0 aliphatic carbocycles. The van der Waals surface area contributed by atoms with Crippen LogP contribution in [0.4, 0.5) is 0 Å². The molecule has 1 N–H and O–H groups in total. The molecule has 0 spiro atoms. The smallest absolute Gasteiger partial charge is 0.270 e. The van der Waals surface area contributed by atoms with Crippen molar-refractivity contribution in [2.24, 2.45) is 7.05 Å². The minimum atomic E-state index is -0.0860. The molecule has 3 aromatic rings. The van der Waals surface area contributed by atoms with Crippen LogP contribution < -0.4 is 5.32 Å². The lowest BCUT2D eigenvalue weighted by Crippen LogP contribution is -2.34. The molecule has 1 fully saturated rings. The van der Waals surface area contributed by atoms with E-state index in [2.05, 4.69) is 36.2 Å². The lowest BCUT2D eigenvalue weighted by atomic mass is 10.1. The summed E-state index contributed by atoms with van der Waals surface area (Å²) < 4.78 is 3.80. The molecule has 0 atom stereocenters. The van der Waals surface area contributed by atoms with E-state index >= 15 is 0 Å². The minimum Gasteiger partial charge on any atom is -0.349 e. The van der Waals surface area contributed by atoms with Gasteiger partial charge in [-0.15, -0.1) is 0 Å². The van der Waals surface area contributed by atoms with Gasteiger partial charge in [0.2, 0.25) is 0 Å². The quantitative estimate of drug-likeness (QED) is 0.701. The average molecular weight is 392 g/mol. The number of carbonyl (C=O) groups is 1. The first-order chi connectivity index (χ1) is 14.0. The Hall–Kier alpha value is -2.86. The number of likely N-dealkylation sites (tertiary alicyclic amines) is 1. The van der Waals surface area contributed by atoms with Crippen LogP contribution in [-0.2, 0) is 7.05 Å². The van der Waals surface area contributed by atoms with Gasteiger partial charge in [-0.05, 0) is 69.6 Å². The van der Waals surface area contributed by atoms with E-state index < -0.39 is 0 Å². The normalized spacial score (nSPS) is 14.4. The van der Waals surface area contributed by atoms with Gasteiger partial charge in [-0.25, -0.2) is 4.68 Å². The predicted octanol–water partition coefficient (Wildman–Crippen LogP) is 3.32. The molecule has 4 rings (SSSR count). The van der Waals surface area contributed by atoms with E-state index in [-0.39, 0.29) is 5.91 Å². The molecule has 1 amide bonds. The summed E-state index contributed by atoms with van der Waals surface area (Å²) in [5.41, 5.74) is 5.56. The second kappa shape index (κ2) is 8.25. The zero-order valence-corrected chi connectivity index (χ0v) is 17.5. The van der Waals surface area contributed by atoms with Crippen LogP contribution >= 0.6 is 0 Å². The Kier molecular flexibility index (Phi) is 5.53. The summed E-state index contributed by atoms with van der Waals surface area (Å²) in [7, 11) is 1.99. The summed E-state index contributed by atoms with van der Waals surface area (Å²) in [4.78, 5) is 15.5. The maximum absolute atomic E-state index is 13.1. The Balaban J connectivity index is 1.64. The molecule has 1 saturated heterocycles. The Morgan fingerprint density at radius 2 is 1.93 bits per heavy atom. The second-order valence-electron chi connectivity index (χ2n) is 7.93. The van der Waals surface area contributed by atoms with Crippen molar-refractivity contribution in [3.8, 4) is 17.1 Å². The predicted molar refractivity (Wildman–Crippen MR) is 115 cm³/mol. The van der Waals surface area contributed by atoms with Gasteiger partial charge in [0.05, 0.1) is 11.4 Å². The molecule has 1 aliphatic rings. The first-order valence-electron chi connectivity index (χ1n) is 10.3. The van der Waals surface area contributed by atoms with Crippen LogP contribution in [0.15, 0.2) is 42.6 Å². The van der Waals surface area contributed by atoms with E-state index in [0.717, 1.165) is 42.3 Å². The molecular formula is C23H29N5O. The maximum Gasteiger partial charge on any atom is 0.270 e. The number of benzene rings is 1. The Morgan fingerprint density at radius 1 is 1.14 bits per heavy atom. The van der Waals surface area contributed by atoms with Gasteiger partial charge in [-0.1, -0.05) is 17.7 Å². The molecule has 3 heterocycles. The van der Waals surface area contributed by atoms with Crippen molar-refractivity contribution in [1.82, 2.24) is 24.6 Å². The fraction of sp³-hybridized carbons (Fsp3) is 0.391. The highest BCUT2D eigenvalue weighted by atomic mass is 16.2. The number of hydrogen-bond acceptors (Lipinski definition) is 3. The van der Waals surface area contributed by atoms with Crippen molar-refractivity contribution in [1.29, 1.82) is 0 Å². The summed E-state index contributed by atoms with van der Waals surface area (Å²) in [5.74, 6) is -0.0860. The number of aromatic nitrogens is 3. The number of rotatable bonds is 6. The molecule has 152 valence electrons. The lowest BCUT2D eigenvalue weighted by Gasteiger charge is -2.15. The average Bonchev–Trinajstić information content (AvgIpc) is 3.42. The van der Waals surface area contributed by atoms with Crippen LogP contribution in [0, 0.1) is 13.8 Å². The van der Waals surface area contributed by atoms with E-state index in [1.54, 1.807) is 4.68 Å². The molecule has 2 aromatic heterocycles. The summed E-state index contributed by atoms with van der Waals surface area (Å²) in [5, 5.41) is 7.90. The van der Waals surface area contributed by atoms with Crippen molar-refractivity contribution in [2.45, 2.75) is 26.7 Å². The van der Waals surface area contributed by atoms with Crippen molar-refractivity contribution in [3.05, 3.63) is 59.4 Å². The topological polar surface area (TPSA) is 55.1 Å². The third-order valence-corrected chi connectivity index (χ3v) is 5.64. The molecule has 0 radical (unpaired) electrons. The lowest BCUT2D eigenvalue weighted by molar-refractivity contribution is 0.0942. The summed E-state index contributed by atoms with van der Waals surface area (Å²) in [6.45, 7) is 7.94. The first kappa shape index (κ1) is 19.5. The van der Waals surface area contributed by atoms with Gasteiger partial charge in [-0.2, -0.15) is 5.10 Å². The van der Waals surface area contributed by atoms with Crippen molar-refractivity contribution < 1.29 is 4.79 Å². The maximum atomic E-state index is 13.1. The molecule has 6 heteroatoms. The number of hydrogen-bond donors (Lipinski definition) is 1. The van der Waals surface area contributed by atoms with E-state index in [4.69, 9.17) is 5.10 Å². The third kappa shape index (κ3) is 4.12. The summed E-state index contributed by atoms with van der Waals surface area (Å²) >= 11 is 0. The molecule has 1 aliphatic heterocycles. The Bertz CT molecular complexity index is 1010. The fourth-order valence-electron chi connectivity index (χ4n) is 4.05. The van der Waals surface area contributed by atoms with Crippen LogP contribution in [0.2, 0.25) is 0 Å². The standard InChI is InChI=1S/C23H29N5O/c1-17-8-9-20(18(2)15-17)28-22(16-19(25-28)21-7-6-11-26(21)3)23(29)24-10-14-27-12-4-5-13-27/h6-9,11,15-16H,4-5,10,12-14H2,1-3H3,(H,24,29). The zero-order valence-electron chi connectivity index (χ0n) is 17.5. The highest BCUT2D eigenvalue weighted by Gasteiger charge is 2.20. The zero-order chi connectivity index (χ0) is 20.4. The molecule has 0 bridgehead atoms. The van der Waals surface area contributed by atoms with Crippen molar-refractivity contribution >= 4 is 5.91 Å². The van der Waals surface area contributed by atoms with Crippen LogP contribution in [-0.4, -0.2) is 51.3 Å². The van der Waals surface area contributed by atoms with Gasteiger partial charge < -0.3 is 14.8 Å². The highest BCUT2D eigenvalue weighted by Crippen LogP contribution is 2.24. The van der Waals surface area contributed by atoms with Crippen LogP contribution in [0.1, 0.15) is 34.5 Å². The van der Waals surface area contributed by atoms with Crippen LogP contribution in [0.3, 0.4) is 0 Å². The minimum absolute atomic E-state index is 0.0860. The van der Waals surface area contributed by atoms with Crippen molar-refractivity contribution in [3.63, 3.8) is 0 Å². The number of amides is 1. The van der Waals surface area contributed by atoms with E-state index in [1.165, 1.54) is 18.4 Å². The second-order valence-corrected chi connectivity index (χ2v) is 7.93. The molecule has 0 unspecified atom stereocenters. The molecule has 6 nitrogen and oxygen atoms in total. The van der Waals surface area contributed by atoms with Gasteiger partial charge in [0.15, 0.2) is 0 Å². The van der Waals surface area contributed by atoms with E-state index in [1.807, 2.05) is 42.1 Å². The highest BCUT2D eigenvalue weighted by molar-refractivity contribution is 5.94. The first-order valence-corrected chi connectivity index (χ1v) is 10.3. The number of nitrogens with one attached hydrogen (secondary N) is 1.